The topological polar surface area (TPSA) is 107 Å². The van der Waals surface area contributed by atoms with Crippen molar-refractivity contribution < 1.29 is 18.3 Å². The van der Waals surface area contributed by atoms with Crippen molar-refractivity contribution in [3.05, 3.63) is 34.5 Å². The van der Waals surface area contributed by atoms with Crippen molar-refractivity contribution in [1.29, 1.82) is 0 Å². The van der Waals surface area contributed by atoms with Crippen LogP contribution in [0.4, 0.5) is 20.4 Å². The van der Waals surface area contributed by atoms with Gasteiger partial charge in [-0.1, -0.05) is 0 Å². The highest BCUT2D eigenvalue weighted by Crippen LogP contribution is 2.29. The SMILES string of the molecule is COc1ncc(C(F)F)cc1Nc1ncc2[nH]c(=O)n(C3CCOCC3)c2n1. The Hall–Kier alpha value is -3.08. The van der Waals surface area contributed by atoms with Crippen molar-refractivity contribution >= 4 is 22.8 Å². The third-order valence-corrected chi connectivity index (χ3v) is 4.58. The Bertz CT molecular complexity index is 1050. The Morgan fingerprint density at radius 3 is 2.82 bits per heavy atom. The first kappa shape index (κ1) is 18.3. The fourth-order valence-electron chi connectivity index (χ4n) is 3.22. The molecule has 4 heterocycles. The van der Waals surface area contributed by atoms with E-state index < -0.39 is 6.43 Å². The van der Waals surface area contributed by atoms with Gasteiger partial charge >= 0.3 is 5.69 Å². The third kappa shape index (κ3) is 3.40. The van der Waals surface area contributed by atoms with Crippen LogP contribution in [0.1, 0.15) is 30.9 Å². The maximum atomic E-state index is 13.0. The quantitative estimate of drug-likeness (QED) is 0.687. The molecular formula is C17H18F2N6O3. The molecule has 1 fully saturated rings. The number of aromatic nitrogens is 5. The molecule has 28 heavy (non-hydrogen) atoms. The van der Waals surface area contributed by atoms with E-state index in [0.29, 0.717) is 37.2 Å². The number of halogens is 2. The molecule has 3 aromatic heterocycles. The van der Waals surface area contributed by atoms with Crippen molar-refractivity contribution in [3.63, 3.8) is 0 Å². The van der Waals surface area contributed by atoms with E-state index in [1.54, 1.807) is 4.57 Å². The van der Waals surface area contributed by atoms with Gasteiger partial charge in [-0.25, -0.2) is 23.5 Å². The second-order valence-corrected chi connectivity index (χ2v) is 6.33. The summed E-state index contributed by atoms with van der Waals surface area (Å²) in [5, 5.41) is 2.85. The highest BCUT2D eigenvalue weighted by molar-refractivity contribution is 5.72. The lowest BCUT2D eigenvalue weighted by atomic mass is 10.1. The minimum Gasteiger partial charge on any atom is -0.480 e. The lowest BCUT2D eigenvalue weighted by Gasteiger charge is -2.22. The summed E-state index contributed by atoms with van der Waals surface area (Å²) in [6, 6.07) is 1.20. The van der Waals surface area contributed by atoms with Gasteiger partial charge < -0.3 is 19.8 Å². The van der Waals surface area contributed by atoms with E-state index in [9.17, 15) is 13.6 Å². The van der Waals surface area contributed by atoms with Crippen molar-refractivity contribution in [2.75, 3.05) is 25.6 Å². The Morgan fingerprint density at radius 2 is 2.11 bits per heavy atom. The van der Waals surface area contributed by atoms with Crippen LogP contribution in [0.25, 0.3) is 11.2 Å². The van der Waals surface area contributed by atoms with E-state index in [4.69, 9.17) is 9.47 Å². The number of hydrogen-bond donors (Lipinski definition) is 2. The largest absolute Gasteiger partial charge is 0.480 e. The Labute approximate surface area is 157 Å². The van der Waals surface area contributed by atoms with Crippen LogP contribution in [0.5, 0.6) is 5.88 Å². The summed E-state index contributed by atoms with van der Waals surface area (Å²) in [6.45, 7) is 1.15. The van der Waals surface area contributed by atoms with Crippen molar-refractivity contribution in [2.24, 2.45) is 0 Å². The number of pyridine rings is 1. The highest BCUT2D eigenvalue weighted by Gasteiger charge is 2.22. The van der Waals surface area contributed by atoms with Gasteiger partial charge in [0.15, 0.2) is 5.65 Å². The molecular weight excluding hydrogens is 374 g/mol. The highest BCUT2D eigenvalue weighted by atomic mass is 19.3. The van der Waals surface area contributed by atoms with Crippen LogP contribution in [-0.4, -0.2) is 44.8 Å². The second kappa shape index (κ2) is 7.50. The van der Waals surface area contributed by atoms with Crippen LogP contribution >= 0.6 is 0 Å². The molecule has 0 unspecified atom stereocenters. The molecule has 0 spiro atoms. The number of methoxy groups -OCH3 is 1. The number of hydrogen-bond acceptors (Lipinski definition) is 7. The maximum absolute atomic E-state index is 13.0. The van der Waals surface area contributed by atoms with E-state index in [-0.39, 0.29) is 34.8 Å². The van der Waals surface area contributed by atoms with E-state index in [2.05, 4.69) is 25.3 Å². The number of nitrogens with one attached hydrogen (secondary N) is 2. The number of alkyl halides is 2. The lowest BCUT2D eigenvalue weighted by molar-refractivity contribution is 0.0697. The van der Waals surface area contributed by atoms with E-state index >= 15 is 0 Å². The predicted octanol–water partition coefficient (Wildman–Crippen LogP) is 2.56. The minimum absolute atomic E-state index is 0.0314. The Kier molecular flexibility index (Phi) is 4.90. The van der Waals surface area contributed by atoms with E-state index in [1.165, 1.54) is 19.4 Å². The first-order valence-electron chi connectivity index (χ1n) is 8.71. The molecule has 9 nitrogen and oxygen atoms in total. The fraction of sp³-hybridized carbons (Fsp3) is 0.412. The fourth-order valence-corrected chi connectivity index (χ4v) is 3.22. The zero-order valence-electron chi connectivity index (χ0n) is 15.0. The van der Waals surface area contributed by atoms with Gasteiger partial charge in [0, 0.05) is 31.0 Å². The van der Waals surface area contributed by atoms with Gasteiger partial charge in [-0.3, -0.25) is 4.57 Å². The lowest BCUT2D eigenvalue weighted by Crippen LogP contribution is -2.27. The number of anilines is 2. The Balaban J connectivity index is 1.72. The number of aromatic amines is 1. The molecule has 2 N–H and O–H groups in total. The van der Waals surface area contributed by atoms with Crippen LogP contribution in [0, 0.1) is 0 Å². The number of rotatable bonds is 5. The molecule has 0 aliphatic carbocycles. The molecule has 148 valence electrons. The smallest absolute Gasteiger partial charge is 0.327 e. The van der Waals surface area contributed by atoms with Crippen LogP contribution in [0.2, 0.25) is 0 Å². The molecule has 11 heteroatoms. The van der Waals surface area contributed by atoms with E-state index in [0.717, 1.165) is 6.20 Å². The third-order valence-electron chi connectivity index (χ3n) is 4.58. The van der Waals surface area contributed by atoms with Gasteiger partial charge in [-0.15, -0.1) is 0 Å². The summed E-state index contributed by atoms with van der Waals surface area (Å²) in [6.07, 6.45) is 1.25. The molecule has 0 aromatic carbocycles. The average molecular weight is 392 g/mol. The molecule has 1 saturated heterocycles. The van der Waals surface area contributed by atoms with Gasteiger partial charge in [0.2, 0.25) is 11.8 Å². The number of nitrogens with zero attached hydrogens (tertiary/aromatic N) is 4. The van der Waals surface area contributed by atoms with Gasteiger partial charge in [0.25, 0.3) is 6.43 Å². The number of imidazole rings is 1. The summed E-state index contributed by atoms with van der Waals surface area (Å²) in [5.41, 5.74) is 0.604. The number of fused-ring (bicyclic) bond motifs is 1. The number of ether oxygens (including phenoxy) is 2. The summed E-state index contributed by atoms with van der Waals surface area (Å²) in [7, 11) is 1.38. The molecule has 0 radical (unpaired) electrons. The maximum Gasteiger partial charge on any atom is 0.327 e. The minimum atomic E-state index is -2.68. The summed E-state index contributed by atoms with van der Waals surface area (Å²) < 4.78 is 38.1. The molecule has 3 aromatic rings. The molecule has 0 bridgehead atoms. The standard InChI is InChI=1S/C17H18F2N6O3/c1-27-15-11(6-9(7-20-15)13(18)19)22-16-21-8-12-14(24-16)25(17(26)23-12)10-2-4-28-5-3-10/h6-8,10,13H,2-5H2,1H3,(H,23,26)(H,21,22,24). The van der Waals surface area contributed by atoms with Crippen molar-refractivity contribution in [1.82, 2.24) is 24.5 Å². The van der Waals surface area contributed by atoms with Crippen LogP contribution in [0.15, 0.2) is 23.3 Å². The average Bonchev–Trinajstić information content (AvgIpc) is 3.03. The molecule has 0 amide bonds. The summed E-state index contributed by atoms with van der Waals surface area (Å²) in [5.74, 6) is 0.266. The van der Waals surface area contributed by atoms with Crippen LogP contribution in [-0.2, 0) is 4.74 Å². The van der Waals surface area contributed by atoms with Gasteiger partial charge in [0.05, 0.1) is 13.3 Å². The molecule has 1 aliphatic heterocycles. The summed E-state index contributed by atoms with van der Waals surface area (Å²) >= 11 is 0. The first-order chi connectivity index (χ1) is 13.6. The number of H-pyrrole nitrogens is 1. The molecule has 0 atom stereocenters. The molecule has 0 saturated carbocycles. The van der Waals surface area contributed by atoms with Crippen molar-refractivity contribution in [2.45, 2.75) is 25.3 Å². The normalized spacial score (nSPS) is 15.3. The van der Waals surface area contributed by atoms with Gasteiger partial charge in [-0.2, -0.15) is 4.98 Å². The van der Waals surface area contributed by atoms with Crippen LogP contribution in [0.3, 0.4) is 0 Å². The van der Waals surface area contributed by atoms with Gasteiger partial charge in [0.1, 0.15) is 11.2 Å². The van der Waals surface area contributed by atoms with Crippen LogP contribution < -0.4 is 15.7 Å². The molecule has 4 rings (SSSR count). The zero-order valence-corrected chi connectivity index (χ0v) is 15.0. The molecule has 1 aliphatic rings. The first-order valence-corrected chi connectivity index (χ1v) is 8.71. The van der Waals surface area contributed by atoms with E-state index in [1.807, 2.05) is 0 Å². The Morgan fingerprint density at radius 1 is 1.32 bits per heavy atom. The van der Waals surface area contributed by atoms with Gasteiger partial charge in [-0.05, 0) is 18.9 Å². The van der Waals surface area contributed by atoms with Crippen molar-refractivity contribution in [3.8, 4) is 5.88 Å². The monoisotopic (exact) mass is 392 g/mol. The summed E-state index contributed by atoms with van der Waals surface area (Å²) in [4.78, 5) is 27.6. The predicted molar refractivity (Wildman–Crippen MR) is 96.3 cm³/mol. The second-order valence-electron chi connectivity index (χ2n) is 6.33. The zero-order chi connectivity index (χ0) is 19.7.